The summed E-state index contributed by atoms with van der Waals surface area (Å²) in [5.41, 5.74) is 6.64. The van der Waals surface area contributed by atoms with Crippen molar-refractivity contribution in [3.8, 4) is 17.2 Å². The van der Waals surface area contributed by atoms with E-state index in [0.29, 0.717) is 40.1 Å². The largest absolute Gasteiger partial charge is 2.00 e. The van der Waals surface area contributed by atoms with Gasteiger partial charge < -0.3 is 34.8 Å². The average molecular weight is 692 g/mol. The maximum absolute atomic E-state index is 10.7. The molecular weight excluding hydrogens is 643 g/mol. The predicted octanol–water partition coefficient (Wildman–Crippen LogP) is 5.91. The molecule has 0 heterocycles. The second-order valence-electron chi connectivity index (χ2n) is 11.9. The quantitative estimate of drug-likeness (QED) is 0.237. The molecule has 0 aliphatic carbocycles. The van der Waals surface area contributed by atoms with Gasteiger partial charge in [0.05, 0.1) is 18.5 Å². The molecule has 3 aromatic carbocycles. The van der Waals surface area contributed by atoms with Crippen LogP contribution in [0.4, 0.5) is 11.4 Å². The summed E-state index contributed by atoms with van der Waals surface area (Å²) in [5, 5.41) is 39.1. The number of nitrogens with zero attached hydrogens (tertiary/aromatic N) is 2. The number of ether oxygens (including phenoxy) is 1. The monoisotopic (exact) mass is 691 g/mol. The number of phenolic OH excluding ortho intramolecular Hbond substituents is 2. The van der Waals surface area contributed by atoms with Gasteiger partial charge in [-0.15, -0.1) is 0 Å². The van der Waals surface area contributed by atoms with Gasteiger partial charge in [-0.3, -0.25) is 9.98 Å². The Morgan fingerprint density at radius 1 is 0.745 bits per heavy atom. The van der Waals surface area contributed by atoms with Crippen LogP contribution < -0.4 is 14.9 Å². The molecule has 2 N–H and O–H groups in total. The Balaban J connectivity index is 0.00000211. The first-order valence-electron chi connectivity index (χ1n) is 15.3. The third-order valence-corrected chi connectivity index (χ3v) is 6.67. The SMILES string of the molecule is CC(=O)[O-].CC(=O)[O-].COc1ccc(N=Cc2cc(CCC(C)C)cc(C)c2O)c(N=Cc2cc(CCC(C)C)cc(C)c2O)c1.[Co+2]. The number of aryl methyl sites for hydroxylation is 4. The first-order chi connectivity index (χ1) is 21.5. The molecule has 0 fully saturated rings. The van der Waals surface area contributed by atoms with Crippen molar-refractivity contribution in [2.24, 2.45) is 21.8 Å². The van der Waals surface area contributed by atoms with E-state index < -0.39 is 11.9 Å². The van der Waals surface area contributed by atoms with Crippen molar-refractivity contribution in [1.29, 1.82) is 0 Å². The Labute approximate surface area is 289 Å². The van der Waals surface area contributed by atoms with Crippen molar-refractivity contribution in [3.63, 3.8) is 0 Å². The topological polar surface area (TPSA) is 155 Å². The number of benzene rings is 3. The summed E-state index contributed by atoms with van der Waals surface area (Å²) < 4.78 is 5.42. The summed E-state index contributed by atoms with van der Waals surface area (Å²) >= 11 is 0. The Hall–Kier alpha value is -4.15. The number of aromatic hydroxyl groups is 2. The summed E-state index contributed by atoms with van der Waals surface area (Å²) in [6.45, 7) is 14.6. The number of aliphatic carboxylic acids is 2. The molecule has 3 aromatic rings. The van der Waals surface area contributed by atoms with Crippen LogP contribution in [-0.2, 0) is 39.2 Å². The van der Waals surface area contributed by atoms with Crippen molar-refractivity contribution in [1.82, 2.24) is 0 Å². The number of hydrogen-bond acceptors (Lipinski definition) is 9. The summed E-state index contributed by atoms with van der Waals surface area (Å²) in [4.78, 5) is 27.2. The second-order valence-corrected chi connectivity index (χ2v) is 11.9. The summed E-state index contributed by atoms with van der Waals surface area (Å²) in [5.74, 6) is 0.182. The molecule has 0 bridgehead atoms. The smallest absolute Gasteiger partial charge is 0.550 e. The number of carboxylic acid groups (broad SMARTS) is 2. The second kappa shape index (κ2) is 21.6. The number of hydrogen-bond donors (Lipinski definition) is 2. The molecule has 1 radical (unpaired) electrons. The van der Waals surface area contributed by atoms with Crippen LogP contribution in [0.3, 0.4) is 0 Å². The van der Waals surface area contributed by atoms with Gasteiger partial charge in [0.25, 0.3) is 0 Å². The van der Waals surface area contributed by atoms with Crippen molar-refractivity contribution >= 4 is 35.7 Å². The van der Waals surface area contributed by atoms with Gasteiger partial charge >= 0.3 is 16.8 Å². The normalized spacial score (nSPS) is 10.7. The van der Waals surface area contributed by atoms with Crippen LogP contribution >= 0.6 is 0 Å². The van der Waals surface area contributed by atoms with Gasteiger partial charge in [0.2, 0.25) is 0 Å². The van der Waals surface area contributed by atoms with Crippen molar-refractivity contribution in [3.05, 3.63) is 75.8 Å². The van der Waals surface area contributed by atoms with Crippen LogP contribution in [0.2, 0.25) is 0 Å². The fourth-order valence-corrected chi connectivity index (χ4v) is 4.28. The number of phenols is 2. The van der Waals surface area contributed by atoms with Gasteiger partial charge in [0.15, 0.2) is 0 Å². The Morgan fingerprint density at radius 3 is 1.49 bits per heavy atom. The summed E-state index contributed by atoms with van der Waals surface area (Å²) in [7, 11) is 1.61. The zero-order valence-electron chi connectivity index (χ0n) is 28.8. The van der Waals surface area contributed by atoms with Crippen LogP contribution in [0.1, 0.15) is 87.8 Å². The Kier molecular flexibility index (Phi) is 19.7. The third-order valence-electron chi connectivity index (χ3n) is 6.67. The zero-order chi connectivity index (χ0) is 35.0. The van der Waals surface area contributed by atoms with Crippen LogP contribution in [-0.4, -0.2) is 41.7 Å². The first kappa shape index (κ1) is 42.8. The van der Waals surface area contributed by atoms with E-state index in [2.05, 4.69) is 27.7 Å². The number of aliphatic imine (C=N–C) groups is 2. The van der Waals surface area contributed by atoms with Gasteiger partial charge in [-0.2, -0.15) is 0 Å². The third kappa shape index (κ3) is 16.8. The van der Waals surface area contributed by atoms with Gasteiger partial charge in [0.1, 0.15) is 17.2 Å². The molecule has 0 atom stereocenters. The van der Waals surface area contributed by atoms with Crippen LogP contribution in [0, 0.1) is 25.7 Å². The summed E-state index contributed by atoms with van der Waals surface area (Å²) in [6.07, 6.45) is 7.45. The molecule has 0 amide bonds. The molecule has 3 rings (SSSR count). The zero-order valence-corrected chi connectivity index (χ0v) is 29.9. The maximum atomic E-state index is 10.7. The predicted molar refractivity (Wildman–Crippen MR) is 181 cm³/mol. The Morgan fingerprint density at radius 2 is 1.13 bits per heavy atom. The number of rotatable bonds is 11. The molecule has 257 valence electrons. The minimum absolute atomic E-state index is 0. The van der Waals surface area contributed by atoms with E-state index in [1.807, 2.05) is 56.3 Å². The molecule has 0 saturated carbocycles. The minimum atomic E-state index is -1.08. The van der Waals surface area contributed by atoms with Crippen LogP contribution in [0.25, 0.3) is 0 Å². The van der Waals surface area contributed by atoms with Crippen molar-refractivity contribution in [2.75, 3.05) is 7.11 Å². The molecule has 9 nitrogen and oxygen atoms in total. The fourth-order valence-electron chi connectivity index (χ4n) is 4.28. The van der Waals surface area contributed by atoms with Gasteiger partial charge in [0, 0.05) is 41.6 Å². The standard InChI is InChI=1S/C33H42N2O3.2C2H4O2.Co/c1-21(2)8-10-25-14-23(5)32(36)27(16-25)19-34-30-13-12-29(38-7)18-31(30)35-20-28-17-26(11-9-22(3)4)15-24(6)33(28)37;2*1-2(3)4;/h12-22,36-37H,8-11H2,1-7H3;2*1H3,(H,3,4);/q;;;+2/p-2. The molecule has 0 saturated heterocycles. The van der Waals surface area contributed by atoms with E-state index in [-0.39, 0.29) is 28.3 Å². The van der Waals surface area contributed by atoms with E-state index in [4.69, 9.17) is 34.5 Å². The molecule has 0 aliphatic rings. The fraction of sp³-hybridized carbons (Fsp3) is 0.405. The number of carbonyl (C=O) groups is 2. The van der Waals surface area contributed by atoms with E-state index >= 15 is 0 Å². The van der Waals surface area contributed by atoms with Gasteiger partial charge in [-0.05, 0) is 112 Å². The van der Waals surface area contributed by atoms with Crippen molar-refractivity contribution < 1.29 is 51.5 Å². The molecule has 0 aliphatic heterocycles. The van der Waals surface area contributed by atoms with E-state index in [1.54, 1.807) is 19.5 Å². The minimum Gasteiger partial charge on any atom is -0.550 e. The van der Waals surface area contributed by atoms with Gasteiger partial charge in [-0.1, -0.05) is 39.8 Å². The molecule has 0 spiro atoms. The molecule has 0 aromatic heterocycles. The molecule has 0 unspecified atom stereocenters. The number of methoxy groups -OCH3 is 1. The van der Waals surface area contributed by atoms with E-state index in [1.165, 1.54) is 11.1 Å². The number of carbonyl (C=O) groups excluding carboxylic acids is 2. The maximum Gasteiger partial charge on any atom is 2.00 e. The molecule has 10 heteroatoms. The van der Waals surface area contributed by atoms with Crippen LogP contribution in [0.15, 0.2) is 52.4 Å². The van der Waals surface area contributed by atoms with Crippen LogP contribution in [0.5, 0.6) is 17.2 Å². The number of carboxylic acids is 2. The van der Waals surface area contributed by atoms with E-state index in [9.17, 15) is 10.2 Å². The molecule has 47 heavy (non-hydrogen) atoms. The summed E-state index contributed by atoms with van der Waals surface area (Å²) in [6, 6.07) is 13.6. The average Bonchev–Trinajstić information content (AvgIpc) is 2.96. The van der Waals surface area contributed by atoms with Crippen molar-refractivity contribution in [2.45, 2.75) is 81.1 Å². The van der Waals surface area contributed by atoms with E-state index in [0.717, 1.165) is 50.7 Å². The first-order valence-corrected chi connectivity index (χ1v) is 15.3. The molecular formula is C37H48CoN2O7. The van der Waals surface area contributed by atoms with Gasteiger partial charge in [-0.25, -0.2) is 0 Å². The Bertz CT molecular complexity index is 1500.